The van der Waals surface area contributed by atoms with Crippen molar-refractivity contribution >= 4 is 11.6 Å². The summed E-state index contributed by atoms with van der Waals surface area (Å²) < 4.78 is 29.5. The topological polar surface area (TPSA) is 93.1 Å². The molecule has 4 aliphatic carbocycles. The highest BCUT2D eigenvalue weighted by Crippen LogP contribution is 2.72. The number of halogens is 1. The zero-order valence-electron chi connectivity index (χ0n) is 18.5. The molecule has 2 N–H and O–H groups in total. The predicted molar refractivity (Wildman–Crippen MR) is 109 cm³/mol. The molecule has 5 aliphatic rings. The molecule has 1 heterocycles. The molecule has 0 aromatic carbocycles. The molecule has 0 aromatic heterocycles. The SMILES string of the molecule is C[C@@]12C=CC(=O)C=C1CC[C@H]1[C@@H]3C[C@H]4O[13C]([13CH3])([13CH3])O[C@]4(C(=O)CO)[C@]3(C)C[C@H](O)[C@]12F. The average Bonchev–Trinajstić information content (AvgIpc) is 3.09. The van der Waals surface area contributed by atoms with Gasteiger partial charge in [0.15, 0.2) is 28.6 Å². The van der Waals surface area contributed by atoms with Crippen LogP contribution >= 0.6 is 0 Å². The van der Waals surface area contributed by atoms with Crippen LogP contribution in [-0.4, -0.2) is 57.7 Å². The maximum atomic E-state index is 17.1. The molecule has 1 saturated heterocycles. The van der Waals surface area contributed by atoms with Crippen LogP contribution in [0.3, 0.4) is 0 Å². The number of carbonyl (C=O) groups excluding carboxylic acids is 2. The number of aliphatic hydroxyl groups is 2. The van der Waals surface area contributed by atoms with Gasteiger partial charge in [-0.05, 0) is 64.5 Å². The largest absolute Gasteiger partial charge is 0.390 e. The number of hydrogen-bond acceptors (Lipinski definition) is 6. The fourth-order valence-corrected chi connectivity index (χ4v) is 7.93. The summed E-state index contributed by atoms with van der Waals surface area (Å²) in [7, 11) is 0. The fourth-order valence-electron chi connectivity index (χ4n) is 7.93. The molecule has 8 atom stereocenters. The molecule has 170 valence electrons. The summed E-state index contributed by atoms with van der Waals surface area (Å²) in [6, 6.07) is 0. The number of hydrogen-bond donors (Lipinski definition) is 2. The van der Waals surface area contributed by atoms with Gasteiger partial charge in [-0.25, -0.2) is 4.39 Å². The van der Waals surface area contributed by atoms with E-state index >= 15 is 4.39 Å². The molecule has 7 heteroatoms. The third-order valence-electron chi connectivity index (χ3n) is 9.19. The Morgan fingerprint density at radius 3 is 2.65 bits per heavy atom. The summed E-state index contributed by atoms with van der Waals surface area (Å²) in [4.78, 5) is 25.1. The number of fused-ring (bicyclic) bond motifs is 7. The van der Waals surface area contributed by atoms with Gasteiger partial charge in [0.2, 0.25) is 0 Å². The van der Waals surface area contributed by atoms with E-state index in [1.807, 2.05) is 6.92 Å². The van der Waals surface area contributed by atoms with Crippen molar-refractivity contribution in [3.8, 4) is 0 Å². The van der Waals surface area contributed by atoms with Crippen molar-refractivity contribution in [2.45, 2.75) is 82.6 Å². The molecule has 0 bridgehead atoms. The summed E-state index contributed by atoms with van der Waals surface area (Å²) >= 11 is 0. The Kier molecular flexibility index (Phi) is 4.24. The van der Waals surface area contributed by atoms with Gasteiger partial charge in [-0.2, -0.15) is 0 Å². The second-order valence-corrected chi connectivity index (χ2v) is 10.9. The molecule has 0 radical (unpaired) electrons. The Hall–Kier alpha value is -1.41. The third kappa shape index (κ3) is 2.31. The van der Waals surface area contributed by atoms with Gasteiger partial charge in [-0.3, -0.25) is 9.59 Å². The number of aliphatic hydroxyl groups excluding tert-OH is 2. The Morgan fingerprint density at radius 2 is 1.97 bits per heavy atom. The van der Waals surface area contributed by atoms with Gasteiger partial charge in [0.1, 0.15) is 6.61 Å². The second kappa shape index (κ2) is 6.13. The Morgan fingerprint density at radius 1 is 1.26 bits per heavy atom. The number of rotatable bonds is 2. The minimum atomic E-state index is -1.98. The van der Waals surface area contributed by atoms with Crippen LogP contribution in [0.5, 0.6) is 0 Å². The van der Waals surface area contributed by atoms with Crippen molar-refractivity contribution in [3.63, 3.8) is 0 Å². The quantitative estimate of drug-likeness (QED) is 0.645. The van der Waals surface area contributed by atoms with Crippen LogP contribution in [0.1, 0.15) is 53.4 Å². The first-order chi connectivity index (χ1) is 14.4. The lowest BCUT2D eigenvalue weighted by Gasteiger charge is -2.62. The minimum Gasteiger partial charge on any atom is -0.390 e. The highest BCUT2D eigenvalue weighted by atomic mass is 19.1. The maximum absolute atomic E-state index is 17.1. The third-order valence-corrected chi connectivity index (χ3v) is 9.19. The summed E-state index contributed by atoms with van der Waals surface area (Å²) in [5, 5.41) is 21.2. The predicted octanol–water partition coefficient (Wildman–Crippen LogP) is 2.42. The normalized spacial score (nSPS) is 52.1. The van der Waals surface area contributed by atoms with E-state index in [9.17, 15) is 19.8 Å². The summed E-state index contributed by atoms with van der Waals surface area (Å²) in [6.45, 7) is 6.41. The fraction of sp³-hybridized carbons (Fsp3) is 0.750. The molecule has 6 nitrogen and oxygen atoms in total. The van der Waals surface area contributed by atoms with E-state index in [1.165, 1.54) is 12.2 Å². The Balaban J connectivity index is 1.64. The van der Waals surface area contributed by atoms with E-state index < -0.39 is 58.4 Å². The molecule has 5 rings (SSSR count). The average molecular weight is 437 g/mol. The van der Waals surface area contributed by atoms with E-state index in [1.54, 1.807) is 26.8 Å². The van der Waals surface area contributed by atoms with Gasteiger partial charge in [-0.1, -0.05) is 18.6 Å². The number of carbonyl (C=O) groups is 2. The van der Waals surface area contributed by atoms with Crippen molar-refractivity contribution in [2.24, 2.45) is 22.7 Å². The van der Waals surface area contributed by atoms with Gasteiger partial charge in [0.05, 0.1) is 12.2 Å². The van der Waals surface area contributed by atoms with Crippen LogP contribution in [0.25, 0.3) is 0 Å². The second-order valence-electron chi connectivity index (χ2n) is 10.9. The number of ether oxygens (including phenoxy) is 2. The summed E-state index contributed by atoms with van der Waals surface area (Å²) in [6.07, 6.45) is 4.00. The first kappa shape index (κ1) is 21.4. The number of Topliss-reactive ketones (excluding diaryl/α,β-unsaturated/α-hetero) is 1. The van der Waals surface area contributed by atoms with Gasteiger partial charge < -0.3 is 19.7 Å². The zero-order chi connectivity index (χ0) is 22.6. The zero-order valence-corrected chi connectivity index (χ0v) is 18.5. The molecule has 0 amide bonds. The van der Waals surface area contributed by atoms with E-state index in [0.717, 1.165) is 5.57 Å². The first-order valence-corrected chi connectivity index (χ1v) is 11.2. The monoisotopic (exact) mass is 437 g/mol. The molecule has 4 fully saturated rings. The highest BCUT2D eigenvalue weighted by molar-refractivity contribution is 6.01. The lowest BCUT2D eigenvalue weighted by molar-refractivity contribution is -0.246. The molecule has 31 heavy (non-hydrogen) atoms. The standard InChI is InChI=1S/C24H31FO6/c1-20(2)30-19-10-16-15-6-5-13-9-14(27)7-8-21(13,3)23(15,25)17(28)11-22(16,4)24(19,31-20)18(29)12-26/h7-9,15-17,19,26,28H,5-6,10-12H2,1-4H3/t15-,16-,17-,19+,21+,22+,23+,24-/m0/s1/i1+1,2+1,20+1. The number of alkyl halides is 1. The van der Waals surface area contributed by atoms with Crippen LogP contribution in [0.4, 0.5) is 4.39 Å². The van der Waals surface area contributed by atoms with Crippen molar-refractivity contribution in [2.75, 3.05) is 6.61 Å². The van der Waals surface area contributed by atoms with E-state index in [2.05, 4.69) is 0 Å². The van der Waals surface area contributed by atoms with Crippen LogP contribution in [0, 0.1) is 22.7 Å². The highest BCUT2D eigenvalue weighted by Gasteiger charge is 2.79. The van der Waals surface area contributed by atoms with Crippen molar-refractivity contribution in [1.29, 1.82) is 0 Å². The lowest BCUT2D eigenvalue weighted by Crippen LogP contribution is -2.70. The van der Waals surface area contributed by atoms with E-state index in [4.69, 9.17) is 9.47 Å². The number of allylic oxidation sites excluding steroid dienone is 4. The molecular formula is C24H31FO6. The first-order valence-electron chi connectivity index (χ1n) is 11.2. The molecule has 0 aromatic rings. The number of ketones is 2. The van der Waals surface area contributed by atoms with Crippen molar-refractivity contribution in [1.82, 2.24) is 0 Å². The van der Waals surface area contributed by atoms with Gasteiger partial charge in [0.25, 0.3) is 0 Å². The smallest absolute Gasteiger partial charge is 0.193 e. The van der Waals surface area contributed by atoms with Crippen LogP contribution < -0.4 is 0 Å². The maximum Gasteiger partial charge on any atom is 0.193 e. The summed E-state index contributed by atoms with van der Waals surface area (Å²) in [5.74, 6) is -2.46. The van der Waals surface area contributed by atoms with Gasteiger partial charge in [-0.15, -0.1) is 0 Å². The van der Waals surface area contributed by atoms with E-state index in [0.29, 0.717) is 19.3 Å². The van der Waals surface area contributed by atoms with E-state index in [-0.39, 0.29) is 18.1 Å². The Labute approximate surface area is 181 Å². The molecular weight excluding hydrogens is 406 g/mol. The molecule has 3 saturated carbocycles. The van der Waals surface area contributed by atoms with Gasteiger partial charge >= 0.3 is 0 Å². The van der Waals surface area contributed by atoms with Crippen LogP contribution in [-0.2, 0) is 19.1 Å². The Bertz CT molecular complexity index is 925. The van der Waals surface area contributed by atoms with Crippen molar-refractivity contribution < 1.29 is 33.7 Å². The lowest BCUT2D eigenvalue weighted by atomic mass is 9.44. The molecule has 1 aliphatic heterocycles. The minimum absolute atomic E-state index is 0.0109. The van der Waals surface area contributed by atoms with Gasteiger partial charge in [0, 0.05) is 16.7 Å². The molecule has 0 unspecified atom stereocenters. The van der Waals surface area contributed by atoms with Crippen molar-refractivity contribution in [3.05, 3.63) is 23.8 Å². The van der Waals surface area contributed by atoms with Crippen LogP contribution in [0.2, 0.25) is 0 Å². The molecule has 0 spiro atoms. The summed E-state index contributed by atoms with van der Waals surface area (Å²) in [5.41, 5.74) is -4.66. The van der Waals surface area contributed by atoms with Crippen LogP contribution in [0.15, 0.2) is 23.8 Å².